The summed E-state index contributed by atoms with van der Waals surface area (Å²) in [5.74, 6) is 0.217. The summed E-state index contributed by atoms with van der Waals surface area (Å²) >= 11 is 0. The average Bonchev–Trinajstić information content (AvgIpc) is 2.36. The van der Waals surface area contributed by atoms with Gasteiger partial charge in [0.15, 0.2) is 11.5 Å². The second kappa shape index (κ2) is 4.64. The van der Waals surface area contributed by atoms with E-state index >= 15 is 0 Å². The molecular formula is C12H13NO5. The van der Waals surface area contributed by atoms with Crippen molar-refractivity contribution in [2.24, 2.45) is 0 Å². The van der Waals surface area contributed by atoms with Crippen LogP contribution in [0.5, 0.6) is 11.5 Å². The number of nitro groups is 1. The van der Waals surface area contributed by atoms with Gasteiger partial charge in [0.05, 0.1) is 19.1 Å². The first kappa shape index (κ1) is 12.3. The molecule has 2 rings (SSSR count). The molecule has 0 fully saturated rings. The lowest BCUT2D eigenvalue weighted by Gasteiger charge is -2.18. The molecule has 0 radical (unpaired) electrons. The largest absolute Gasteiger partial charge is 0.493 e. The average molecular weight is 251 g/mol. The normalized spacial score (nSPS) is 14.0. The number of ether oxygens (including phenoxy) is 2. The number of carbonyl (C=O) groups is 1. The van der Waals surface area contributed by atoms with Crippen molar-refractivity contribution in [2.75, 3.05) is 14.2 Å². The molecule has 1 aliphatic rings. The van der Waals surface area contributed by atoms with Gasteiger partial charge < -0.3 is 9.47 Å². The summed E-state index contributed by atoms with van der Waals surface area (Å²) < 4.78 is 10.1. The van der Waals surface area contributed by atoms with E-state index in [0.29, 0.717) is 30.4 Å². The van der Waals surface area contributed by atoms with Crippen molar-refractivity contribution in [1.29, 1.82) is 0 Å². The van der Waals surface area contributed by atoms with Crippen LogP contribution in [0.25, 0.3) is 0 Å². The molecule has 0 unspecified atom stereocenters. The van der Waals surface area contributed by atoms with Gasteiger partial charge in [-0.3, -0.25) is 14.9 Å². The molecule has 0 heterocycles. The number of benzene rings is 1. The monoisotopic (exact) mass is 251 g/mol. The highest BCUT2D eigenvalue weighted by molar-refractivity contribution is 6.00. The molecular weight excluding hydrogens is 238 g/mol. The van der Waals surface area contributed by atoms with Gasteiger partial charge >= 0.3 is 5.69 Å². The molecule has 0 aliphatic heterocycles. The number of methoxy groups -OCH3 is 2. The maximum atomic E-state index is 11.8. The quantitative estimate of drug-likeness (QED) is 0.607. The van der Waals surface area contributed by atoms with Crippen LogP contribution in [0.15, 0.2) is 6.07 Å². The third-order valence-corrected chi connectivity index (χ3v) is 3.06. The van der Waals surface area contributed by atoms with Crippen molar-refractivity contribution in [3.63, 3.8) is 0 Å². The number of nitro benzene ring substituents is 1. The first-order valence-corrected chi connectivity index (χ1v) is 5.55. The van der Waals surface area contributed by atoms with Crippen LogP contribution in [0.2, 0.25) is 0 Å². The molecule has 18 heavy (non-hydrogen) atoms. The van der Waals surface area contributed by atoms with Gasteiger partial charge in [-0.15, -0.1) is 0 Å². The lowest BCUT2D eigenvalue weighted by atomic mass is 9.89. The van der Waals surface area contributed by atoms with Crippen LogP contribution >= 0.6 is 0 Å². The molecule has 0 aromatic heterocycles. The Morgan fingerprint density at radius 1 is 1.28 bits per heavy atom. The summed E-state index contributed by atoms with van der Waals surface area (Å²) in [5, 5.41) is 11.2. The van der Waals surface area contributed by atoms with E-state index in [0.717, 1.165) is 0 Å². The van der Waals surface area contributed by atoms with Gasteiger partial charge in [0.1, 0.15) is 0 Å². The van der Waals surface area contributed by atoms with Crippen molar-refractivity contribution < 1.29 is 19.2 Å². The van der Waals surface area contributed by atoms with Gasteiger partial charge in [0.2, 0.25) is 5.75 Å². The van der Waals surface area contributed by atoms with Gasteiger partial charge in [-0.1, -0.05) is 0 Å². The number of fused-ring (bicyclic) bond motifs is 1. The molecule has 0 spiro atoms. The van der Waals surface area contributed by atoms with Crippen LogP contribution in [0.3, 0.4) is 0 Å². The third kappa shape index (κ3) is 1.79. The zero-order valence-corrected chi connectivity index (χ0v) is 10.2. The molecule has 0 bridgehead atoms. The summed E-state index contributed by atoms with van der Waals surface area (Å²) in [6, 6.07) is 1.53. The van der Waals surface area contributed by atoms with Crippen molar-refractivity contribution in [3.8, 4) is 11.5 Å². The second-order valence-corrected chi connectivity index (χ2v) is 4.02. The Balaban J connectivity index is 2.77. The Morgan fingerprint density at radius 2 is 2.00 bits per heavy atom. The molecule has 0 N–H and O–H groups in total. The molecule has 96 valence electrons. The van der Waals surface area contributed by atoms with Crippen molar-refractivity contribution >= 4 is 11.5 Å². The highest BCUT2D eigenvalue weighted by Gasteiger charge is 2.32. The van der Waals surface area contributed by atoms with Crippen molar-refractivity contribution in [3.05, 3.63) is 27.3 Å². The molecule has 6 heteroatoms. The lowest BCUT2D eigenvalue weighted by molar-refractivity contribution is -0.386. The van der Waals surface area contributed by atoms with Gasteiger partial charge in [0.25, 0.3) is 0 Å². The standard InChI is InChI=1S/C12H13NO5/c1-17-10-6-8-7(4-3-5-9(8)14)11(13(15)16)12(10)18-2/h6H,3-5H2,1-2H3. The molecule has 1 aromatic carbocycles. The lowest BCUT2D eigenvalue weighted by Crippen LogP contribution is -2.14. The highest BCUT2D eigenvalue weighted by atomic mass is 16.6. The topological polar surface area (TPSA) is 78.7 Å². The number of Topliss-reactive ketones (excluding diaryl/α,β-unsaturated/α-hetero) is 1. The Morgan fingerprint density at radius 3 is 2.56 bits per heavy atom. The van der Waals surface area contributed by atoms with Crippen molar-refractivity contribution in [1.82, 2.24) is 0 Å². The van der Waals surface area contributed by atoms with Gasteiger partial charge in [-0.25, -0.2) is 0 Å². The van der Waals surface area contributed by atoms with Crippen LogP contribution in [-0.2, 0) is 6.42 Å². The molecule has 0 saturated carbocycles. The Labute approximate surface area is 104 Å². The molecule has 6 nitrogen and oxygen atoms in total. The fourth-order valence-corrected chi connectivity index (χ4v) is 2.27. The third-order valence-electron chi connectivity index (χ3n) is 3.06. The second-order valence-electron chi connectivity index (χ2n) is 4.02. The van der Waals surface area contributed by atoms with E-state index < -0.39 is 4.92 Å². The molecule has 0 atom stereocenters. The van der Waals surface area contributed by atoms with E-state index in [1.54, 1.807) is 0 Å². The summed E-state index contributed by atoms with van der Waals surface area (Å²) in [6.45, 7) is 0. The Kier molecular flexibility index (Phi) is 3.18. The fourth-order valence-electron chi connectivity index (χ4n) is 2.27. The van der Waals surface area contributed by atoms with Crippen LogP contribution in [0, 0.1) is 10.1 Å². The van der Waals surface area contributed by atoms with E-state index in [9.17, 15) is 14.9 Å². The minimum absolute atomic E-state index is 0.0796. The highest BCUT2D eigenvalue weighted by Crippen LogP contribution is 2.43. The van der Waals surface area contributed by atoms with Gasteiger partial charge in [-0.05, 0) is 18.9 Å². The maximum absolute atomic E-state index is 11.8. The molecule has 1 aromatic rings. The number of rotatable bonds is 3. The van der Waals surface area contributed by atoms with E-state index in [1.807, 2.05) is 0 Å². The summed E-state index contributed by atoms with van der Waals surface area (Å²) in [5.41, 5.74) is 0.680. The Hall–Kier alpha value is -2.11. The maximum Gasteiger partial charge on any atom is 0.318 e. The van der Waals surface area contributed by atoms with E-state index in [1.165, 1.54) is 20.3 Å². The SMILES string of the molecule is COc1cc2c(c([N+](=O)[O-])c1OC)CCCC2=O. The molecule has 0 saturated heterocycles. The van der Waals surface area contributed by atoms with Crippen LogP contribution in [0.1, 0.15) is 28.8 Å². The number of ketones is 1. The number of hydrogen-bond donors (Lipinski definition) is 0. The number of hydrogen-bond acceptors (Lipinski definition) is 5. The molecule has 0 amide bonds. The summed E-state index contributed by atoms with van der Waals surface area (Å²) in [6.07, 6.45) is 1.56. The van der Waals surface area contributed by atoms with Crippen LogP contribution in [0.4, 0.5) is 5.69 Å². The minimum Gasteiger partial charge on any atom is -0.493 e. The van der Waals surface area contributed by atoms with Crippen LogP contribution < -0.4 is 9.47 Å². The smallest absolute Gasteiger partial charge is 0.318 e. The predicted octanol–water partition coefficient (Wildman–Crippen LogP) is 2.13. The van der Waals surface area contributed by atoms with Crippen molar-refractivity contribution in [2.45, 2.75) is 19.3 Å². The predicted molar refractivity (Wildman–Crippen MR) is 63.5 cm³/mol. The zero-order chi connectivity index (χ0) is 13.3. The molecule has 1 aliphatic carbocycles. The summed E-state index contributed by atoms with van der Waals surface area (Å²) in [7, 11) is 2.74. The van der Waals surface area contributed by atoms with E-state index in [4.69, 9.17) is 9.47 Å². The number of carbonyl (C=O) groups excluding carboxylic acids is 1. The van der Waals surface area contributed by atoms with Crippen LogP contribution in [-0.4, -0.2) is 24.9 Å². The zero-order valence-electron chi connectivity index (χ0n) is 10.2. The first-order valence-electron chi connectivity index (χ1n) is 5.55. The van der Waals surface area contributed by atoms with E-state index in [2.05, 4.69) is 0 Å². The first-order chi connectivity index (χ1) is 8.60. The van der Waals surface area contributed by atoms with Gasteiger partial charge in [-0.2, -0.15) is 0 Å². The Bertz CT molecular complexity index is 524. The van der Waals surface area contributed by atoms with Gasteiger partial charge in [0, 0.05) is 17.5 Å². The minimum atomic E-state index is -0.515. The number of nitrogens with zero attached hydrogens (tertiary/aromatic N) is 1. The fraction of sp³-hybridized carbons (Fsp3) is 0.417. The van der Waals surface area contributed by atoms with E-state index in [-0.39, 0.29) is 23.0 Å². The summed E-state index contributed by atoms with van der Waals surface area (Å²) in [4.78, 5) is 22.5.